The van der Waals surface area contributed by atoms with E-state index in [4.69, 9.17) is 0 Å². The van der Waals surface area contributed by atoms with Crippen LogP contribution in [-0.2, 0) is 16.6 Å². The van der Waals surface area contributed by atoms with Crippen LogP contribution in [0, 0.1) is 0 Å². The first-order valence-corrected chi connectivity index (χ1v) is 3.99. The van der Waals surface area contributed by atoms with Crippen molar-refractivity contribution < 1.29 is 19.7 Å². The molecule has 1 rings (SSSR count). The zero-order valence-corrected chi connectivity index (χ0v) is 7.91. The van der Waals surface area contributed by atoms with Gasteiger partial charge in [-0.25, -0.2) is 4.79 Å². The molecule has 0 aliphatic heterocycles. The second-order valence-corrected chi connectivity index (χ2v) is 2.83. The Morgan fingerprint density at radius 2 is 2.29 bits per heavy atom. The van der Waals surface area contributed by atoms with E-state index in [1.165, 1.54) is 10.7 Å². The Balaban J connectivity index is 2.74. The second kappa shape index (κ2) is 4.21. The maximum absolute atomic E-state index is 10.9. The molecule has 0 aromatic carbocycles. The maximum Gasteiger partial charge on any atom is 0.337 e. The summed E-state index contributed by atoms with van der Waals surface area (Å²) in [5, 5.41) is 22.6. The summed E-state index contributed by atoms with van der Waals surface area (Å²) in [5.41, 5.74) is 0.227. The van der Waals surface area contributed by atoms with Crippen molar-refractivity contribution in [3.8, 4) is 0 Å². The molecule has 0 radical (unpaired) electrons. The largest absolute Gasteiger partial charge is 0.467 e. The van der Waals surface area contributed by atoms with Crippen LogP contribution in [0.2, 0.25) is 0 Å². The number of rotatable bonds is 3. The summed E-state index contributed by atoms with van der Waals surface area (Å²) in [6, 6.07) is 1.51. The Bertz CT molecular complexity index is 323. The van der Waals surface area contributed by atoms with Gasteiger partial charge in [0.1, 0.15) is 6.10 Å². The average Bonchev–Trinajstić information content (AvgIpc) is 2.61. The smallest absolute Gasteiger partial charge is 0.337 e. The molecular weight excluding hydrogens is 188 g/mol. The first-order valence-electron chi connectivity index (χ1n) is 3.99. The minimum absolute atomic E-state index is 0.227. The zero-order chi connectivity index (χ0) is 10.7. The molecule has 1 heterocycles. The number of esters is 1. The molecule has 0 spiro atoms. The Labute approximate surface area is 80.7 Å². The molecule has 0 aliphatic carbocycles. The van der Waals surface area contributed by atoms with E-state index in [1.54, 1.807) is 13.2 Å². The van der Waals surface area contributed by atoms with Gasteiger partial charge in [-0.2, -0.15) is 5.10 Å². The van der Waals surface area contributed by atoms with Crippen LogP contribution in [0.25, 0.3) is 0 Å². The molecule has 0 aliphatic rings. The summed E-state index contributed by atoms with van der Waals surface area (Å²) in [5.74, 6) is -0.886. The molecule has 2 unspecified atom stereocenters. The molecule has 1 aromatic heterocycles. The van der Waals surface area contributed by atoms with E-state index in [0.29, 0.717) is 0 Å². The maximum atomic E-state index is 10.9. The lowest BCUT2D eigenvalue weighted by atomic mass is 10.1. The quantitative estimate of drug-likeness (QED) is 0.610. The van der Waals surface area contributed by atoms with Crippen molar-refractivity contribution in [1.29, 1.82) is 0 Å². The number of aryl methyl sites for hydroxylation is 1. The summed E-state index contributed by atoms with van der Waals surface area (Å²) in [6.07, 6.45) is -1.36. The number of carbonyl (C=O) groups is 1. The molecule has 2 atom stereocenters. The van der Waals surface area contributed by atoms with Gasteiger partial charge in [0.25, 0.3) is 0 Å². The third-order valence-corrected chi connectivity index (χ3v) is 1.78. The van der Waals surface area contributed by atoms with Crippen LogP contribution >= 0.6 is 0 Å². The molecule has 0 saturated heterocycles. The number of methoxy groups -OCH3 is 1. The van der Waals surface area contributed by atoms with E-state index < -0.39 is 18.2 Å². The predicted molar refractivity (Wildman–Crippen MR) is 46.2 cm³/mol. The molecule has 1 aromatic rings. The Morgan fingerprint density at radius 1 is 1.64 bits per heavy atom. The van der Waals surface area contributed by atoms with Crippen molar-refractivity contribution in [2.45, 2.75) is 12.2 Å². The molecule has 6 nitrogen and oxygen atoms in total. The lowest BCUT2D eigenvalue weighted by Crippen LogP contribution is -2.29. The van der Waals surface area contributed by atoms with Gasteiger partial charge in [-0.05, 0) is 6.07 Å². The highest BCUT2D eigenvalue weighted by molar-refractivity contribution is 5.75. The number of hydrogen-bond acceptors (Lipinski definition) is 5. The number of hydrogen-bond donors (Lipinski definition) is 2. The first-order chi connectivity index (χ1) is 6.56. The number of nitrogens with zero attached hydrogens (tertiary/aromatic N) is 2. The van der Waals surface area contributed by atoms with Crippen LogP contribution in [0.3, 0.4) is 0 Å². The van der Waals surface area contributed by atoms with E-state index in [-0.39, 0.29) is 5.69 Å². The van der Waals surface area contributed by atoms with Gasteiger partial charge in [-0.1, -0.05) is 0 Å². The topological polar surface area (TPSA) is 84.6 Å². The van der Waals surface area contributed by atoms with E-state index in [9.17, 15) is 15.0 Å². The summed E-state index contributed by atoms with van der Waals surface area (Å²) in [7, 11) is 2.80. The molecule has 0 amide bonds. The predicted octanol–water partition coefficient (Wildman–Crippen LogP) is -1.01. The van der Waals surface area contributed by atoms with Gasteiger partial charge in [0.05, 0.1) is 12.8 Å². The molecule has 0 fully saturated rings. The van der Waals surface area contributed by atoms with Gasteiger partial charge in [-0.3, -0.25) is 4.68 Å². The highest BCUT2D eigenvalue weighted by atomic mass is 16.5. The van der Waals surface area contributed by atoms with E-state index in [1.807, 2.05) is 0 Å². The third kappa shape index (κ3) is 2.09. The summed E-state index contributed by atoms with van der Waals surface area (Å²) < 4.78 is 5.74. The van der Waals surface area contributed by atoms with Crippen molar-refractivity contribution >= 4 is 5.97 Å². The molecule has 0 saturated carbocycles. The molecule has 0 bridgehead atoms. The minimum atomic E-state index is -1.60. The average molecular weight is 200 g/mol. The van der Waals surface area contributed by atoms with Gasteiger partial charge in [0.2, 0.25) is 0 Å². The number of aromatic nitrogens is 2. The van der Waals surface area contributed by atoms with Crippen molar-refractivity contribution in [3.05, 3.63) is 18.0 Å². The van der Waals surface area contributed by atoms with E-state index in [2.05, 4.69) is 9.84 Å². The van der Waals surface area contributed by atoms with Crippen molar-refractivity contribution in [1.82, 2.24) is 9.78 Å². The molecular formula is C8H12N2O4. The zero-order valence-electron chi connectivity index (χ0n) is 7.91. The lowest BCUT2D eigenvalue weighted by molar-refractivity contribution is -0.157. The lowest BCUT2D eigenvalue weighted by Gasteiger charge is -2.12. The number of aliphatic hydroxyl groups excluding tert-OH is 2. The van der Waals surface area contributed by atoms with Gasteiger partial charge in [-0.15, -0.1) is 0 Å². The van der Waals surface area contributed by atoms with Gasteiger partial charge >= 0.3 is 5.97 Å². The number of carbonyl (C=O) groups excluding carboxylic acids is 1. The fourth-order valence-electron chi connectivity index (χ4n) is 1.00. The molecule has 2 N–H and O–H groups in total. The first kappa shape index (κ1) is 10.7. The standard InChI is InChI=1S/C8H12N2O4/c1-10-4-3-5(9-10)6(11)7(12)8(13)14-2/h3-4,6-7,11-12H,1-2H3. The highest BCUT2D eigenvalue weighted by Crippen LogP contribution is 2.14. The number of ether oxygens (including phenoxy) is 1. The van der Waals surface area contributed by atoms with Crippen LogP contribution in [-0.4, -0.2) is 39.2 Å². The van der Waals surface area contributed by atoms with E-state index in [0.717, 1.165) is 7.11 Å². The Kier molecular flexibility index (Phi) is 3.21. The molecule has 78 valence electrons. The molecule has 14 heavy (non-hydrogen) atoms. The van der Waals surface area contributed by atoms with Gasteiger partial charge in [0, 0.05) is 13.2 Å². The normalized spacial score (nSPS) is 14.9. The second-order valence-electron chi connectivity index (χ2n) is 2.83. The summed E-state index contributed by atoms with van der Waals surface area (Å²) >= 11 is 0. The third-order valence-electron chi connectivity index (χ3n) is 1.78. The Morgan fingerprint density at radius 3 is 2.71 bits per heavy atom. The molecule has 6 heteroatoms. The van der Waals surface area contributed by atoms with Crippen molar-refractivity contribution in [2.24, 2.45) is 7.05 Å². The fraction of sp³-hybridized carbons (Fsp3) is 0.500. The van der Waals surface area contributed by atoms with E-state index >= 15 is 0 Å². The van der Waals surface area contributed by atoms with Crippen LogP contribution in [0.1, 0.15) is 11.8 Å². The van der Waals surface area contributed by atoms with Crippen molar-refractivity contribution in [2.75, 3.05) is 7.11 Å². The van der Waals surface area contributed by atoms with Gasteiger partial charge in [0.15, 0.2) is 6.10 Å². The van der Waals surface area contributed by atoms with Crippen LogP contribution < -0.4 is 0 Å². The van der Waals surface area contributed by atoms with Crippen LogP contribution in [0.5, 0.6) is 0 Å². The number of aliphatic hydroxyl groups is 2. The summed E-state index contributed by atoms with van der Waals surface area (Å²) in [6.45, 7) is 0. The Hall–Kier alpha value is -1.40. The fourth-order valence-corrected chi connectivity index (χ4v) is 1.00. The van der Waals surface area contributed by atoms with Crippen molar-refractivity contribution in [3.63, 3.8) is 0 Å². The highest BCUT2D eigenvalue weighted by Gasteiger charge is 2.27. The van der Waals surface area contributed by atoms with Crippen LogP contribution in [0.15, 0.2) is 12.3 Å². The minimum Gasteiger partial charge on any atom is -0.467 e. The van der Waals surface area contributed by atoms with Crippen LogP contribution in [0.4, 0.5) is 0 Å². The summed E-state index contributed by atoms with van der Waals surface area (Å²) in [4.78, 5) is 10.9. The SMILES string of the molecule is COC(=O)C(O)C(O)c1ccn(C)n1. The van der Waals surface area contributed by atoms with Gasteiger partial charge < -0.3 is 14.9 Å². The monoisotopic (exact) mass is 200 g/mol.